The van der Waals surface area contributed by atoms with Crippen LogP contribution in [0, 0.1) is 0 Å². The van der Waals surface area contributed by atoms with E-state index in [1.54, 1.807) is 10.9 Å². The molecule has 1 fully saturated rings. The van der Waals surface area contributed by atoms with Gasteiger partial charge in [0.2, 0.25) is 0 Å². The first-order chi connectivity index (χ1) is 12.2. The van der Waals surface area contributed by atoms with Crippen molar-refractivity contribution in [3.8, 4) is 5.75 Å². The second-order valence-electron chi connectivity index (χ2n) is 6.62. The molecule has 1 atom stereocenters. The van der Waals surface area contributed by atoms with Crippen molar-refractivity contribution in [2.45, 2.75) is 39.3 Å². The Bertz CT molecular complexity index is 959. The van der Waals surface area contributed by atoms with Gasteiger partial charge in [0.25, 0.3) is 5.56 Å². The van der Waals surface area contributed by atoms with Gasteiger partial charge >= 0.3 is 0 Å². The van der Waals surface area contributed by atoms with E-state index in [0.717, 1.165) is 41.7 Å². The molecule has 0 aliphatic carbocycles. The number of likely N-dealkylation sites (tertiary alicyclic amines) is 1. The number of benzene rings is 1. The van der Waals surface area contributed by atoms with Crippen molar-refractivity contribution in [3.63, 3.8) is 0 Å². The third-order valence-electron chi connectivity index (χ3n) is 5.17. The lowest BCUT2D eigenvalue weighted by molar-refractivity contribution is 0.242. The van der Waals surface area contributed by atoms with E-state index in [1.807, 2.05) is 25.1 Å². The molecule has 0 radical (unpaired) electrons. The summed E-state index contributed by atoms with van der Waals surface area (Å²) >= 11 is 0. The van der Waals surface area contributed by atoms with Gasteiger partial charge in [-0.3, -0.25) is 14.3 Å². The van der Waals surface area contributed by atoms with Crippen LogP contribution in [0.4, 0.5) is 0 Å². The molecule has 6 heteroatoms. The summed E-state index contributed by atoms with van der Waals surface area (Å²) in [5.74, 6) is 0.798. The average Bonchev–Trinajstić information content (AvgIpc) is 3.22. The number of nitrogens with one attached hydrogen (secondary N) is 1. The molecule has 1 N–H and O–H groups in total. The summed E-state index contributed by atoms with van der Waals surface area (Å²) in [6.07, 6.45) is 4.04. The Balaban J connectivity index is 1.75. The van der Waals surface area contributed by atoms with Gasteiger partial charge in [-0.15, -0.1) is 0 Å². The predicted octanol–water partition coefficient (Wildman–Crippen LogP) is 2.76. The van der Waals surface area contributed by atoms with E-state index in [0.29, 0.717) is 24.7 Å². The molecule has 0 bridgehead atoms. The molecule has 0 saturated carbocycles. The lowest BCUT2D eigenvalue weighted by Gasteiger charge is -2.23. The second-order valence-corrected chi connectivity index (χ2v) is 6.62. The minimum Gasteiger partial charge on any atom is -0.494 e. The number of likely N-dealkylation sites (N-methyl/N-ethyl adjacent to an activating group) is 1. The topological polar surface area (TPSA) is 63.2 Å². The van der Waals surface area contributed by atoms with Gasteiger partial charge in [0.15, 0.2) is 0 Å². The van der Waals surface area contributed by atoms with Gasteiger partial charge < -0.3 is 9.72 Å². The van der Waals surface area contributed by atoms with E-state index >= 15 is 0 Å². The number of rotatable bonds is 5. The number of ether oxygens (including phenoxy) is 1. The highest BCUT2D eigenvalue weighted by atomic mass is 16.5. The number of nitrogens with zero attached hydrogens (tertiary/aromatic N) is 3. The lowest BCUT2D eigenvalue weighted by Crippen LogP contribution is -2.36. The van der Waals surface area contributed by atoms with Crippen molar-refractivity contribution in [3.05, 3.63) is 34.9 Å². The second kappa shape index (κ2) is 6.52. The summed E-state index contributed by atoms with van der Waals surface area (Å²) in [6, 6.07) is 6.24. The van der Waals surface area contributed by atoms with Crippen LogP contribution in [0.15, 0.2) is 29.3 Å². The van der Waals surface area contributed by atoms with Crippen molar-refractivity contribution >= 4 is 21.9 Å². The smallest absolute Gasteiger partial charge is 0.277 e. The van der Waals surface area contributed by atoms with Crippen LogP contribution >= 0.6 is 0 Å². The van der Waals surface area contributed by atoms with E-state index in [1.165, 1.54) is 6.42 Å². The molecular weight excluding hydrogens is 316 g/mol. The van der Waals surface area contributed by atoms with Gasteiger partial charge in [0, 0.05) is 23.5 Å². The predicted molar refractivity (Wildman–Crippen MR) is 99.3 cm³/mol. The van der Waals surface area contributed by atoms with Crippen LogP contribution in [0.1, 0.15) is 26.7 Å². The van der Waals surface area contributed by atoms with E-state index in [2.05, 4.69) is 21.8 Å². The minimum absolute atomic E-state index is 0.00196. The van der Waals surface area contributed by atoms with Gasteiger partial charge in [-0.1, -0.05) is 6.92 Å². The van der Waals surface area contributed by atoms with Gasteiger partial charge in [-0.05, 0) is 51.1 Å². The maximum Gasteiger partial charge on any atom is 0.277 e. The maximum atomic E-state index is 12.9. The van der Waals surface area contributed by atoms with E-state index in [4.69, 9.17) is 4.74 Å². The monoisotopic (exact) mass is 340 g/mol. The molecule has 0 amide bonds. The largest absolute Gasteiger partial charge is 0.494 e. The third-order valence-corrected chi connectivity index (χ3v) is 5.17. The van der Waals surface area contributed by atoms with Crippen molar-refractivity contribution in [1.82, 2.24) is 19.4 Å². The lowest BCUT2D eigenvalue weighted by atomic mass is 10.2. The van der Waals surface area contributed by atoms with Gasteiger partial charge in [0.1, 0.15) is 16.8 Å². The molecule has 1 aliphatic heterocycles. The van der Waals surface area contributed by atoms with Crippen molar-refractivity contribution < 1.29 is 4.74 Å². The highest BCUT2D eigenvalue weighted by molar-refractivity contribution is 6.04. The Labute approximate surface area is 146 Å². The summed E-state index contributed by atoms with van der Waals surface area (Å²) in [4.78, 5) is 23.2. The number of H-pyrrole nitrogens is 1. The minimum atomic E-state index is 0.00196. The standard InChI is InChI=1S/C19H24N4O2/c1-3-22-9-5-6-13(22)11-23-12-20-17-15-10-14(25-4-2)7-8-16(15)21-18(17)19(23)24/h7-8,10,12-13,21H,3-6,9,11H2,1-2H3/t13-/m0/s1. The molecule has 0 unspecified atom stereocenters. The molecule has 4 rings (SSSR count). The Morgan fingerprint density at radius 3 is 3.04 bits per heavy atom. The highest BCUT2D eigenvalue weighted by Gasteiger charge is 2.24. The van der Waals surface area contributed by atoms with Crippen molar-refractivity contribution in [2.75, 3.05) is 19.7 Å². The first kappa shape index (κ1) is 16.1. The van der Waals surface area contributed by atoms with Crippen LogP contribution < -0.4 is 10.3 Å². The number of aromatic amines is 1. The SMILES string of the molecule is CCOc1ccc2[nH]c3c(=O)n(C[C@@H]4CCCN4CC)cnc3c2c1. The summed E-state index contributed by atoms with van der Waals surface area (Å²) < 4.78 is 7.32. The van der Waals surface area contributed by atoms with Crippen molar-refractivity contribution in [2.24, 2.45) is 0 Å². The van der Waals surface area contributed by atoms with Gasteiger partial charge in [-0.25, -0.2) is 4.98 Å². The average molecular weight is 340 g/mol. The fraction of sp³-hybridized carbons (Fsp3) is 0.474. The molecule has 3 aromatic rings. The van der Waals surface area contributed by atoms with Crippen LogP contribution in [0.3, 0.4) is 0 Å². The molecule has 25 heavy (non-hydrogen) atoms. The third kappa shape index (κ3) is 2.80. The quantitative estimate of drug-likeness (QED) is 0.776. The van der Waals surface area contributed by atoms with Gasteiger partial charge in [-0.2, -0.15) is 0 Å². The summed E-state index contributed by atoms with van der Waals surface area (Å²) in [5.41, 5.74) is 2.21. The summed E-state index contributed by atoms with van der Waals surface area (Å²) in [5, 5.41) is 0.932. The zero-order chi connectivity index (χ0) is 17.4. The van der Waals surface area contributed by atoms with Gasteiger partial charge in [0.05, 0.1) is 12.9 Å². The molecule has 0 spiro atoms. The molecular formula is C19H24N4O2. The maximum absolute atomic E-state index is 12.9. The first-order valence-electron chi connectivity index (χ1n) is 9.09. The Morgan fingerprint density at radius 2 is 2.24 bits per heavy atom. The van der Waals surface area contributed by atoms with Crippen LogP contribution in [0.5, 0.6) is 5.75 Å². The Morgan fingerprint density at radius 1 is 1.36 bits per heavy atom. The zero-order valence-corrected chi connectivity index (χ0v) is 14.8. The molecule has 6 nitrogen and oxygen atoms in total. The number of aromatic nitrogens is 3. The van der Waals surface area contributed by atoms with Crippen LogP contribution in [-0.4, -0.2) is 45.2 Å². The van der Waals surface area contributed by atoms with Crippen LogP contribution in [0.25, 0.3) is 21.9 Å². The summed E-state index contributed by atoms with van der Waals surface area (Å²) in [6.45, 7) is 7.60. The van der Waals surface area contributed by atoms with Crippen LogP contribution in [-0.2, 0) is 6.54 Å². The molecule has 1 saturated heterocycles. The fourth-order valence-corrected chi connectivity index (χ4v) is 3.90. The van der Waals surface area contributed by atoms with E-state index < -0.39 is 0 Å². The van der Waals surface area contributed by atoms with E-state index in [-0.39, 0.29) is 5.56 Å². The van der Waals surface area contributed by atoms with Crippen molar-refractivity contribution in [1.29, 1.82) is 0 Å². The van der Waals surface area contributed by atoms with Crippen LogP contribution in [0.2, 0.25) is 0 Å². The number of fused-ring (bicyclic) bond motifs is 3. The molecule has 132 valence electrons. The molecule has 2 aromatic heterocycles. The first-order valence-corrected chi connectivity index (χ1v) is 9.09. The Hall–Kier alpha value is -2.34. The highest BCUT2D eigenvalue weighted by Crippen LogP contribution is 2.26. The zero-order valence-electron chi connectivity index (χ0n) is 14.8. The number of hydrogen-bond acceptors (Lipinski definition) is 4. The Kier molecular flexibility index (Phi) is 4.21. The molecule has 3 heterocycles. The summed E-state index contributed by atoms with van der Waals surface area (Å²) in [7, 11) is 0. The number of hydrogen-bond donors (Lipinski definition) is 1. The van der Waals surface area contributed by atoms with E-state index in [9.17, 15) is 4.79 Å². The fourth-order valence-electron chi connectivity index (χ4n) is 3.90. The molecule has 1 aromatic carbocycles. The molecule has 1 aliphatic rings. The normalized spacial score (nSPS) is 18.4.